The molecule has 0 aliphatic carbocycles. The summed E-state index contributed by atoms with van der Waals surface area (Å²) in [6.45, 7) is 7.76. The van der Waals surface area contributed by atoms with Crippen LogP contribution in [0.25, 0.3) is 0 Å². The van der Waals surface area contributed by atoms with E-state index in [9.17, 15) is 13.2 Å². The van der Waals surface area contributed by atoms with Crippen molar-refractivity contribution in [2.24, 2.45) is 0 Å². The second-order valence-corrected chi connectivity index (χ2v) is 3.90. The summed E-state index contributed by atoms with van der Waals surface area (Å²) in [7, 11) is 0. The first-order valence-electron chi connectivity index (χ1n) is 6.69. The Labute approximate surface area is 119 Å². The summed E-state index contributed by atoms with van der Waals surface area (Å²) in [6, 6.07) is 10.4. The lowest BCUT2D eigenvalue weighted by Gasteiger charge is -1.92. The zero-order valence-electron chi connectivity index (χ0n) is 12.4. The van der Waals surface area contributed by atoms with Crippen molar-refractivity contribution in [3.63, 3.8) is 0 Å². The molecule has 0 aliphatic rings. The Kier molecular flexibility index (Phi) is 9.18. The Morgan fingerprint density at radius 2 is 1.35 bits per heavy atom. The third kappa shape index (κ3) is 6.98. The van der Waals surface area contributed by atoms with Crippen LogP contribution in [0.3, 0.4) is 0 Å². The molecule has 0 aromatic heterocycles. The van der Waals surface area contributed by atoms with E-state index in [0.717, 1.165) is 24.1 Å². The number of aryl methyl sites for hydroxylation is 2. The minimum absolute atomic E-state index is 0.160. The van der Waals surface area contributed by atoms with Gasteiger partial charge in [-0.05, 0) is 48.7 Å². The monoisotopic (exact) mass is 282 g/mol. The molecule has 110 valence electrons. The van der Waals surface area contributed by atoms with Gasteiger partial charge in [-0.2, -0.15) is 0 Å². The van der Waals surface area contributed by atoms with Gasteiger partial charge in [0.15, 0.2) is 11.6 Å². The van der Waals surface area contributed by atoms with Gasteiger partial charge in [0.2, 0.25) is 0 Å². The van der Waals surface area contributed by atoms with Crippen molar-refractivity contribution in [2.45, 2.75) is 34.1 Å². The Hall–Kier alpha value is -1.77. The van der Waals surface area contributed by atoms with Crippen LogP contribution in [0, 0.1) is 24.4 Å². The van der Waals surface area contributed by atoms with Gasteiger partial charge < -0.3 is 0 Å². The van der Waals surface area contributed by atoms with Gasteiger partial charge in [0, 0.05) is 0 Å². The summed E-state index contributed by atoms with van der Waals surface area (Å²) in [6.07, 6.45) is 0.972. The molecule has 3 heteroatoms. The van der Waals surface area contributed by atoms with Crippen molar-refractivity contribution in [1.82, 2.24) is 0 Å². The van der Waals surface area contributed by atoms with Crippen LogP contribution < -0.4 is 0 Å². The fourth-order valence-electron chi connectivity index (χ4n) is 1.32. The van der Waals surface area contributed by atoms with Crippen molar-refractivity contribution in [3.8, 4) is 0 Å². The van der Waals surface area contributed by atoms with E-state index >= 15 is 0 Å². The molecule has 0 atom stereocenters. The highest BCUT2D eigenvalue weighted by Crippen LogP contribution is 2.06. The van der Waals surface area contributed by atoms with Crippen LogP contribution in [0.4, 0.5) is 13.2 Å². The van der Waals surface area contributed by atoms with E-state index in [4.69, 9.17) is 0 Å². The van der Waals surface area contributed by atoms with E-state index < -0.39 is 11.6 Å². The topological polar surface area (TPSA) is 0 Å². The number of rotatable bonds is 1. The first kappa shape index (κ1) is 18.2. The van der Waals surface area contributed by atoms with Gasteiger partial charge in [-0.25, -0.2) is 13.2 Å². The fraction of sp³-hybridized carbons (Fsp3) is 0.294. The average Bonchev–Trinajstić information content (AvgIpc) is 2.47. The van der Waals surface area contributed by atoms with Crippen molar-refractivity contribution < 1.29 is 13.2 Å². The SMILES string of the molecule is CC.CCc1ccc(F)cc1.Cc1ccc(F)c(F)c1. The van der Waals surface area contributed by atoms with Crippen LogP contribution in [-0.4, -0.2) is 0 Å². The molecule has 0 saturated heterocycles. The normalized spacial score (nSPS) is 8.95. The maximum atomic E-state index is 12.2. The average molecular weight is 282 g/mol. The lowest BCUT2D eigenvalue weighted by Crippen LogP contribution is -1.82. The van der Waals surface area contributed by atoms with Crippen molar-refractivity contribution in [3.05, 3.63) is 71.0 Å². The van der Waals surface area contributed by atoms with Crippen LogP contribution in [0.1, 0.15) is 31.9 Å². The van der Waals surface area contributed by atoms with Gasteiger partial charge in [-0.15, -0.1) is 0 Å². The molecule has 0 amide bonds. The molecule has 0 bridgehead atoms. The van der Waals surface area contributed by atoms with E-state index in [1.165, 1.54) is 23.8 Å². The largest absolute Gasteiger partial charge is 0.207 e. The molecule has 2 aromatic rings. The van der Waals surface area contributed by atoms with Gasteiger partial charge >= 0.3 is 0 Å². The van der Waals surface area contributed by atoms with Crippen LogP contribution in [-0.2, 0) is 6.42 Å². The third-order valence-corrected chi connectivity index (χ3v) is 2.40. The smallest absolute Gasteiger partial charge is 0.159 e. The van der Waals surface area contributed by atoms with Crippen molar-refractivity contribution >= 4 is 0 Å². The quantitative estimate of drug-likeness (QED) is 0.630. The predicted molar refractivity (Wildman–Crippen MR) is 78.2 cm³/mol. The number of benzene rings is 2. The Bertz CT molecular complexity index is 490. The highest BCUT2D eigenvalue weighted by Gasteiger charge is 1.97. The minimum Gasteiger partial charge on any atom is -0.207 e. The number of hydrogen-bond acceptors (Lipinski definition) is 0. The minimum atomic E-state index is -0.791. The molecular weight excluding hydrogens is 261 g/mol. The molecule has 0 fully saturated rings. The van der Waals surface area contributed by atoms with E-state index in [1.807, 2.05) is 20.8 Å². The lowest BCUT2D eigenvalue weighted by atomic mass is 10.2. The van der Waals surface area contributed by atoms with Crippen LogP contribution in [0.15, 0.2) is 42.5 Å². The second kappa shape index (κ2) is 10.1. The number of halogens is 3. The van der Waals surface area contributed by atoms with Gasteiger partial charge in [0.1, 0.15) is 5.82 Å². The molecule has 0 unspecified atom stereocenters. The van der Waals surface area contributed by atoms with Gasteiger partial charge in [-0.3, -0.25) is 0 Å². The second-order valence-electron chi connectivity index (χ2n) is 3.90. The van der Waals surface area contributed by atoms with Gasteiger partial charge in [0.25, 0.3) is 0 Å². The third-order valence-electron chi connectivity index (χ3n) is 2.40. The Morgan fingerprint density at radius 1 is 0.800 bits per heavy atom. The Morgan fingerprint density at radius 3 is 1.75 bits per heavy atom. The molecule has 0 saturated carbocycles. The van der Waals surface area contributed by atoms with E-state index in [1.54, 1.807) is 19.1 Å². The van der Waals surface area contributed by atoms with Crippen molar-refractivity contribution in [2.75, 3.05) is 0 Å². The first-order valence-corrected chi connectivity index (χ1v) is 6.69. The zero-order valence-corrected chi connectivity index (χ0v) is 12.4. The number of hydrogen-bond donors (Lipinski definition) is 0. The summed E-state index contributed by atoms with van der Waals surface area (Å²) < 4.78 is 36.6. The highest BCUT2D eigenvalue weighted by molar-refractivity contribution is 5.16. The molecule has 0 N–H and O–H groups in total. The summed E-state index contributed by atoms with van der Waals surface area (Å²) >= 11 is 0. The maximum absolute atomic E-state index is 12.2. The van der Waals surface area contributed by atoms with E-state index in [0.29, 0.717) is 0 Å². The molecule has 0 radical (unpaired) electrons. The predicted octanol–water partition coefficient (Wildman–Crippen LogP) is 5.69. The van der Waals surface area contributed by atoms with Gasteiger partial charge in [-0.1, -0.05) is 39.0 Å². The molecule has 0 spiro atoms. The summed E-state index contributed by atoms with van der Waals surface area (Å²) in [5.74, 6) is -1.73. The Balaban J connectivity index is 0.000000321. The summed E-state index contributed by atoms with van der Waals surface area (Å²) in [5.41, 5.74) is 1.91. The van der Waals surface area contributed by atoms with Crippen LogP contribution in [0.2, 0.25) is 0 Å². The fourth-order valence-corrected chi connectivity index (χ4v) is 1.32. The molecular formula is C17H21F3. The summed E-state index contributed by atoms with van der Waals surface area (Å²) in [5, 5.41) is 0. The lowest BCUT2D eigenvalue weighted by molar-refractivity contribution is 0.508. The van der Waals surface area contributed by atoms with Gasteiger partial charge in [0.05, 0.1) is 0 Å². The highest BCUT2D eigenvalue weighted by atomic mass is 19.2. The molecule has 0 heterocycles. The molecule has 20 heavy (non-hydrogen) atoms. The van der Waals surface area contributed by atoms with E-state index in [2.05, 4.69) is 0 Å². The molecule has 2 rings (SSSR count). The molecule has 0 aliphatic heterocycles. The first-order chi connectivity index (χ1) is 9.52. The van der Waals surface area contributed by atoms with Crippen LogP contribution in [0.5, 0.6) is 0 Å². The molecule has 2 aromatic carbocycles. The van der Waals surface area contributed by atoms with E-state index in [-0.39, 0.29) is 5.82 Å². The zero-order chi connectivity index (χ0) is 15.5. The summed E-state index contributed by atoms with van der Waals surface area (Å²) in [4.78, 5) is 0. The van der Waals surface area contributed by atoms with Crippen molar-refractivity contribution in [1.29, 1.82) is 0 Å². The molecule has 0 nitrogen and oxygen atoms in total. The standard InChI is InChI=1S/C8H9F.C7H6F2.C2H6/c1-2-7-3-5-8(9)6-4-7;1-5-2-3-6(8)7(9)4-5;1-2/h3-6H,2H2,1H3;2-4H,1H3;1-2H3. The maximum Gasteiger partial charge on any atom is 0.159 e. The van der Waals surface area contributed by atoms with Crippen LogP contribution >= 0.6 is 0 Å².